The minimum atomic E-state index is -3.35. The molecule has 0 aromatic carbocycles. The zero-order chi connectivity index (χ0) is 40.7. The monoisotopic (exact) mass is 857 g/mol. The largest absolute Gasteiger partial charge is 0.412 e. The van der Waals surface area contributed by atoms with Crippen molar-refractivity contribution in [2.24, 2.45) is 23.7 Å². The van der Waals surface area contributed by atoms with E-state index in [-0.39, 0.29) is 22.9 Å². The minimum absolute atomic E-state index is 0.174. The maximum absolute atomic E-state index is 8.67. The zero-order valence-electron chi connectivity index (χ0n) is 38.3. The van der Waals surface area contributed by atoms with Crippen LogP contribution in [0.4, 0.5) is 0 Å². The fraction of sp³-hybridized carbons (Fsp3) is 1.00. The molecule has 0 radical (unpaired) electrons. The SMILES string of the molecule is CC(C)COC(C)[Si]1(C2CCCC2)O[Si](C2CCCC2)(C(C)OCC(C)C)O[Si](C2CCCC2)(C(C)OCC(C)C)O[Si](C2CCCC2)(C(C)OCC(C)C)O1. The summed E-state index contributed by atoms with van der Waals surface area (Å²) in [6, 6.07) is 0. The van der Waals surface area contributed by atoms with Crippen molar-refractivity contribution in [3.63, 3.8) is 0 Å². The van der Waals surface area contributed by atoms with Crippen LogP contribution in [0.25, 0.3) is 0 Å². The normalized spacial score (nSPS) is 34.3. The molecule has 4 aliphatic carbocycles. The van der Waals surface area contributed by atoms with E-state index in [1.807, 2.05) is 0 Å². The maximum Gasteiger partial charge on any atom is 0.353 e. The molecule has 4 saturated carbocycles. The number of hydrogen-bond acceptors (Lipinski definition) is 8. The van der Waals surface area contributed by atoms with Gasteiger partial charge in [0, 0.05) is 48.6 Å². The maximum atomic E-state index is 8.67. The lowest BCUT2D eigenvalue weighted by Crippen LogP contribution is -2.82. The molecule has 328 valence electrons. The molecule has 5 rings (SSSR count). The second-order valence-corrected chi connectivity index (χ2v) is 36.3. The van der Waals surface area contributed by atoms with Crippen LogP contribution in [0.1, 0.15) is 186 Å². The molecule has 4 atom stereocenters. The molecular formula is C44H88O8Si4. The Morgan fingerprint density at radius 1 is 0.321 bits per heavy atom. The molecule has 8 nitrogen and oxygen atoms in total. The third-order valence-corrected chi connectivity index (χ3v) is 36.2. The van der Waals surface area contributed by atoms with E-state index in [0.29, 0.717) is 72.3 Å². The minimum Gasteiger partial charge on any atom is -0.412 e. The van der Waals surface area contributed by atoms with Gasteiger partial charge in [0.2, 0.25) is 0 Å². The van der Waals surface area contributed by atoms with Crippen LogP contribution in [-0.4, -0.2) is 83.6 Å². The fourth-order valence-electron chi connectivity index (χ4n) is 10.9. The first-order valence-corrected chi connectivity index (χ1v) is 31.8. The zero-order valence-corrected chi connectivity index (χ0v) is 42.3. The van der Waals surface area contributed by atoms with Gasteiger partial charge < -0.3 is 35.4 Å². The lowest BCUT2D eigenvalue weighted by Gasteiger charge is -2.61. The highest BCUT2D eigenvalue weighted by molar-refractivity contribution is 6.97. The van der Waals surface area contributed by atoms with Crippen LogP contribution in [0.5, 0.6) is 0 Å². The van der Waals surface area contributed by atoms with Gasteiger partial charge in [-0.05, 0) is 103 Å². The molecule has 4 unspecified atom stereocenters. The molecule has 56 heavy (non-hydrogen) atoms. The van der Waals surface area contributed by atoms with Crippen LogP contribution in [0.15, 0.2) is 0 Å². The van der Waals surface area contributed by atoms with Crippen LogP contribution in [0, 0.1) is 23.7 Å². The van der Waals surface area contributed by atoms with Gasteiger partial charge in [0.1, 0.15) is 0 Å². The molecule has 1 saturated heterocycles. The highest BCUT2D eigenvalue weighted by Gasteiger charge is 2.74. The first-order chi connectivity index (χ1) is 26.6. The van der Waals surface area contributed by atoms with Gasteiger partial charge >= 0.3 is 34.2 Å². The van der Waals surface area contributed by atoms with Crippen molar-refractivity contribution in [2.75, 3.05) is 26.4 Å². The molecule has 0 bridgehead atoms. The van der Waals surface area contributed by atoms with Gasteiger partial charge in [0.15, 0.2) is 0 Å². The average molecular weight is 858 g/mol. The average Bonchev–Trinajstić information content (AvgIpc) is 3.99. The Morgan fingerprint density at radius 2 is 0.482 bits per heavy atom. The number of ether oxygens (including phenoxy) is 4. The Kier molecular flexibility index (Phi) is 17.9. The Bertz CT molecular complexity index is 966. The summed E-state index contributed by atoms with van der Waals surface area (Å²) in [6.45, 7) is 30.2. The predicted octanol–water partition coefficient (Wildman–Crippen LogP) is 12.0. The van der Waals surface area contributed by atoms with Crippen molar-refractivity contribution < 1.29 is 35.4 Å². The predicted molar refractivity (Wildman–Crippen MR) is 237 cm³/mol. The van der Waals surface area contributed by atoms with Crippen molar-refractivity contribution in [3.05, 3.63) is 0 Å². The molecule has 0 spiro atoms. The molecule has 0 amide bonds. The second kappa shape index (κ2) is 21.1. The molecule has 0 N–H and O–H groups in total. The molecule has 0 aromatic heterocycles. The van der Waals surface area contributed by atoms with Crippen molar-refractivity contribution in [2.45, 2.75) is 231 Å². The topological polar surface area (TPSA) is 73.8 Å². The molecule has 12 heteroatoms. The van der Waals surface area contributed by atoms with Crippen molar-refractivity contribution >= 4 is 34.2 Å². The van der Waals surface area contributed by atoms with Crippen molar-refractivity contribution in [1.82, 2.24) is 0 Å². The molecule has 1 heterocycles. The van der Waals surface area contributed by atoms with E-state index in [1.165, 1.54) is 51.4 Å². The summed E-state index contributed by atoms with van der Waals surface area (Å²) >= 11 is 0. The third-order valence-electron chi connectivity index (χ3n) is 14.0. The lowest BCUT2D eigenvalue weighted by molar-refractivity contribution is 0.00830. The molecule has 1 aliphatic heterocycles. The Labute approximate surface area is 349 Å². The summed E-state index contributed by atoms with van der Waals surface area (Å²) in [5, 5.41) is 0. The Morgan fingerprint density at radius 3 is 0.625 bits per heavy atom. The van der Waals surface area contributed by atoms with Gasteiger partial charge in [-0.3, -0.25) is 0 Å². The van der Waals surface area contributed by atoms with E-state index in [0.717, 1.165) is 51.4 Å². The van der Waals surface area contributed by atoms with Gasteiger partial charge in [0.25, 0.3) is 0 Å². The molecule has 0 aromatic rings. The highest BCUT2D eigenvalue weighted by atomic mass is 28.5. The van der Waals surface area contributed by atoms with Crippen LogP contribution >= 0.6 is 0 Å². The fourth-order valence-corrected chi connectivity index (χ4v) is 40.5. The molecule has 5 fully saturated rings. The quantitative estimate of drug-likeness (QED) is 0.112. The van der Waals surface area contributed by atoms with Crippen LogP contribution in [-0.2, 0) is 35.4 Å². The van der Waals surface area contributed by atoms with Gasteiger partial charge in [-0.2, -0.15) is 0 Å². The van der Waals surface area contributed by atoms with E-state index >= 15 is 0 Å². The van der Waals surface area contributed by atoms with Gasteiger partial charge in [-0.15, -0.1) is 0 Å². The van der Waals surface area contributed by atoms with E-state index in [9.17, 15) is 0 Å². The van der Waals surface area contributed by atoms with E-state index in [2.05, 4.69) is 83.1 Å². The van der Waals surface area contributed by atoms with Crippen LogP contribution in [0.2, 0.25) is 22.2 Å². The van der Waals surface area contributed by atoms with E-state index in [4.69, 9.17) is 35.4 Å². The Hall–Kier alpha value is 0.548. The summed E-state index contributed by atoms with van der Waals surface area (Å²) < 4.78 is 63.2. The number of hydrogen-bond donors (Lipinski definition) is 0. The third kappa shape index (κ3) is 10.8. The Balaban J connectivity index is 1.85. The van der Waals surface area contributed by atoms with E-state index < -0.39 is 34.2 Å². The van der Waals surface area contributed by atoms with Crippen LogP contribution in [0.3, 0.4) is 0 Å². The lowest BCUT2D eigenvalue weighted by atomic mass is 10.2. The van der Waals surface area contributed by atoms with Crippen molar-refractivity contribution in [1.29, 1.82) is 0 Å². The second-order valence-electron chi connectivity index (χ2n) is 20.7. The van der Waals surface area contributed by atoms with Gasteiger partial charge in [0.05, 0.1) is 22.9 Å². The van der Waals surface area contributed by atoms with E-state index in [1.54, 1.807) is 0 Å². The smallest absolute Gasteiger partial charge is 0.353 e. The van der Waals surface area contributed by atoms with Crippen LogP contribution < -0.4 is 0 Å². The van der Waals surface area contributed by atoms with Gasteiger partial charge in [-0.25, -0.2) is 0 Å². The highest BCUT2D eigenvalue weighted by Crippen LogP contribution is 2.58. The summed E-state index contributed by atoms with van der Waals surface area (Å²) in [7, 11) is -13.4. The summed E-state index contributed by atoms with van der Waals surface area (Å²) in [5.41, 5.74) is 0.537. The first kappa shape index (κ1) is 47.6. The molecule has 5 aliphatic rings. The summed E-state index contributed by atoms with van der Waals surface area (Å²) in [5.74, 6) is 1.63. The first-order valence-electron chi connectivity index (χ1n) is 23.9. The molecular weight excluding hydrogens is 769 g/mol. The number of rotatable bonds is 20. The standard InChI is InChI=1S/C44H88O8Si4/c1-33(2)29-45-37(9)53(41-21-13-14-22-41)49-54(42-23-15-16-24-42,38(10)46-30-34(3)4)51-56(44-27-19-20-28-44,40(12)48-32-36(7)8)52-55(50-53,43-25-17-18-26-43)39(11)47-31-35(5)6/h33-44H,13-32H2,1-12H3. The van der Waals surface area contributed by atoms with Gasteiger partial charge in [-0.1, -0.05) is 107 Å². The van der Waals surface area contributed by atoms with Crippen molar-refractivity contribution in [3.8, 4) is 0 Å². The summed E-state index contributed by atoms with van der Waals surface area (Å²) in [6.07, 6.45) is 18.6. The summed E-state index contributed by atoms with van der Waals surface area (Å²) in [4.78, 5) is 0.